The number of nitrogens with one attached hydrogen (secondary N) is 2. The molecular formula is C23H24FN5O3S. The van der Waals surface area contributed by atoms with Crippen molar-refractivity contribution in [2.45, 2.75) is 30.7 Å². The van der Waals surface area contributed by atoms with E-state index in [4.69, 9.17) is 0 Å². The molecule has 2 heterocycles. The van der Waals surface area contributed by atoms with E-state index in [9.17, 15) is 17.6 Å². The number of amides is 1. The number of nitrogens with zero attached hydrogens (tertiary/aromatic N) is 3. The number of piperidine rings is 1. The van der Waals surface area contributed by atoms with E-state index in [2.05, 4.69) is 24.9 Å². The minimum Gasteiger partial charge on any atom is -0.349 e. The highest BCUT2D eigenvalue weighted by atomic mass is 32.2. The van der Waals surface area contributed by atoms with Crippen molar-refractivity contribution in [1.82, 2.24) is 15.3 Å². The third-order valence-corrected chi connectivity index (χ3v) is 6.90. The van der Waals surface area contributed by atoms with Crippen LogP contribution in [0, 0.1) is 12.7 Å². The lowest BCUT2D eigenvalue weighted by Crippen LogP contribution is -2.45. The van der Waals surface area contributed by atoms with Gasteiger partial charge in [-0.1, -0.05) is 6.07 Å². The lowest BCUT2D eigenvalue weighted by atomic mass is 10.0. The van der Waals surface area contributed by atoms with E-state index in [1.807, 2.05) is 0 Å². The number of aryl methyl sites for hydroxylation is 1. The molecule has 172 valence electrons. The summed E-state index contributed by atoms with van der Waals surface area (Å²) in [6.07, 6.45) is 4.86. The monoisotopic (exact) mass is 469 g/mol. The van der Waals surface area contributed by atoms with Gasteiger partial charge < -0.3 is 10.2 Å². The van der Waals surface area contributed by atoms with Crippen LogP contribution in [-0.4, -0.2) is 43.4 Å². The quantitative estimate of drug-likeness (QED) is 0.575. The van der Waals surface area contributed by atoms with Crippen LogP contribution >= 0.6 is 0 Å². The van der Waals surface area contributed by atoms with Crippen LogP contribution in [0.15, 0.2) is 65.8 Å². The molecule has 0 radical (unpaired) electrons. The summed E-state index contributed by atoms with van der Waals surface area (Å²) in [6, 6.07) is 11.1. The molecule has 4 rings (SSSR count). The summed E-state index contributed by atoms with van der Waals surface area (Å²) >= 11 is 0. The van der Waals surface area contributed by atoms with Gasteiger partial charge in [-0.05, 0) is 67.8 Å². The molecule has 1 aliphatic heterocycles. The van der Waals surface area contributed by atoms with Gasteiger partial charge in [0.2, 0.25) is 5.95 Å². The second-order valence-corrected chi connectivity index (χ2v) is 9.56. The summed E-state index contributed by atoms with van der Waals surface area (Å²) in [5, 5.41) is 3.02. The Labute approximate surface area is 191 Å². The van der Waals surface area contributed by atoms with Crippen molar-refractivity contribution in [3.8, 4) is 0 Å². The van der Waals surface area contributed by atoms with Crippen LogP contribution in [0.3, 0.4) is 0 Å². The zero-order chi connectivity index (χ0) is 23.4. The molecule has 2 aromatic carbocycles. The maximum Gasteiger partial charge on any atom is 0.261 e. The summed E-state index contributed by atoms with van der Waals surface area (Å²) in [6.45, 7) is 3.18. The second-order valence-electron chi connectivity index (χ2n) is 7.87. The number of rotatable bonds is 6. The van der Waals surface area contributed by atoms with Gasteiger partial charge in [0.05, 0.1) is 4.90 Å². The minimum atomic E-state index is -3.94. The zero-order valence-corrected chi connectivity index (χ0v) is 18.8. The molecule has 8 nitrogen and oxygen atoms in total. The maximum atomic E-state index is 13.1. The minimum absolute atomic E-state index is 0.0329. The van der Waals surface area contributed by atoms with Gasteiger partial charge in [0.1, 0.15) is 5.82 Å². The molecule has 0 atom stereocenters. The number of anilines is 2. The van der Waals surface area contributed by atoms with Crippen molar-refractivity contribution in [3.05, 3.63) is 77.9 Å². The molecular weight excluding hydrogens is 445 g/mol. The first-order chi connectivity index (χ1) is 15.8. The summed E-state index contributed by atoms with van der Waals surface area (Å²) < 4.78 is 41.1. The molecule has 0 aliphatic carbocycles. The average Bonchev–Trinajstić information content (AvgIpc) is 2.81. The van der Waals surface area contributed by atoms with Gasteiger partial charge in [-0.3, -0.25) is 9.52 Å². The van der Waals surface area contributed by atoms with E-state index in [1.54, 1.807) is 31.5 Å². The summed E-state index contributed by atoms with van der Waals surface area (Å²) in [5.41, 5.74) is 1.20. The van der Waals surface area contributed by atoms with Crippen LogP contribution in [-0.2, 0) is 10.0 Å². The highest BCUT2D eigenvalue weighted by molar-refractivity contribution is 7.92. The molecule has 33 heavy (non-hydrogen) atoms. The fourth-order valence-corrected chi connectivity index (χ4v) is 4.77. The van der Waals surface area contributed by atoms with Crippen molar-refractivity contribution in [2.75, 3.05) is 22.7 Å². The Morgan fingerprint density at radius 3 is 2.39 bits per heavy atom. The first kappa shape index (κ1) is 22.7. The van der Waals surface area contributed by atoms with E-state index in [1.165, 1.54) is 36.4 Å². The normalized spacial score (nSPS) is 14.7. The van der Waals surface area contributed by atoms with Crippen LogP contribution in [0.2, 0.25) is 0 Å². The number of hydrogen-bond donors (Lipinski definition) is 2. The predicted molar refractivity (Wildman–Crippen MR) is 123 cm³/mol. The number of carbonyl (C=O) groups is 1. The number of halogens is 1. The Bertz CT molecular complexity index is 1230. The Hall–Kier alpha value is -3.53. The molecule has 1 aromatic heterocycles. The largest absolute Gasteiger partial charge is 0.349 e. The first-order valence-electron chi connectivity index (χ1n) is 10.5. The van der Waals surface area contributed by atoms with Gasteiger partial charge >= 0.3 is 0 Å². The number of benzene rings is 2. The average molecular weight is 470 g/mol. The van der Waals surface area contributed by atoms with Crippen LogP contribution in [0.5, 0.6) is 0 Å². The lowest BCUT2D eigenvalue weighted by Gasteiger charge is -2.32. The van der Waals surface area contributed by atoms with Gasteiger partial charge in [-0.15, -0.1) is 0 Å². The van der Waals surface area contributed by atoms with Crippen LogP contribution in [0.1, 0.15) is 28.8 Å². The molecule has 0 unspecified atom stereocenters. The fourth-order valence-electron chi connectivity index (χ4n) is 3.69. The molecule has 3 aromatic rings. The van der Waals surface area contributed by atoms with Gasteiger partial charge in [0, 0.05) is 42.8 Å². The predicted octanol–water partition coefficient (Wildman–Crippen LogP) is 3.12. The van der Waals surface area contributed by atoms with Crippen LogP contribution in [0.4, 0.5) is 16.0 Å². The Morgan fingerprint density at radius 2 is 1.73 bits per heavy atom. The molecule has 1 aliphatic rings. The summed E-state index contributed by atoms with van der Waals surface area (Å²) in [7, 11) is -3.94. The summed E-state index contributed by atoms with van der Waals surface area (Å²) in [4.78, 5) is 23.5. The number of aromatic nitrogens is 2. The maximum absolute atomic E-state index is 13.1. The fraction of sp³-hybridized carbons (Fsp3) is 0.261. The SMILES string of the molecule is Cc1ccc(S(=O)(=O)Nc2ccc(F)cc2)cc1C(=O)NC1CCN(c2ncccn2)CC1. The molecule has 0 saturated carbocycles. The molecule has 1 saturated heterocycles. The van der Waals surface area contributed by atoms with E-state index in [0.29, 0.717) is 30.2 Å². The Morgan fingerprint density at radius 1 is 1.06 bits per heavy atom. The molecule has 0 bridgehead atoms. The topological polar surface area (TPSA) is 104 Å². The van der Waals surface area contributed by atoms with E-state index < -0.39 is 15.8 Å². The lowest BCUT2D eigenvalue weighted by molar-refractivity contribution is 0.0930. The van der Waals surface area contributed by atoms with Crippen LogP contribution in [0.25, 0.3) is 0 Å². The second kappa shape index (κ2) is 9.53. The van der Waals surface area contributed by atoms with E-state index in [0.717, 1.165) is 12.8 Å². The van der Waals surface area contributed by atoms with Gasteiger partial charge in [-0.25, -0.2) is 22.8 Å². The van der Waals surface area contributed by atoms with Gasteiger partial charge in [0.25, 0.3) is 15.9 Å². The smallest absolute Gasteiger partial charge is 0.261 e. The Balaban J connectivity index is 1.43. The molecule has 2 N–H and O–H groups in total. The first-order valence-corrected chi connectivity index (χ1v) is 12.0. The zero-order valence-electron chi connectivity index (χ0n) is 18.0. The van der Waals surface area contributed by atoms with E-state index in [-0.39, 0.29) is 22.5 Å². The van der Waals surface area contributed by atoms with Crippen molar-refractivity contribution in [2.24, 2.45) is 0 Å². The number of sulfonamides is 1. The highest BCUT2D eigenvalue weighted by Crippen LogP contribution is 2.21. The van der Waals surface area contributed by atoms with Gasteiger partial charge in [-0.2, -0.15) is 0 Å². The molecule has 0 spiro atoms. The van der Waals surface area contributed by atoms with Crippen molar-refractivity contribution in [3.63, 3.8) is 0 Å². The third kappa shape index (κ3) is 5.46. The highest BCUT2D eigenvalue weighted by Gasteiger charge is 2.24. The van der Waals surface area contributed by atoms with Crippen molar-refractivity contribution >= 4 is 27.6 Å². The Kier molecular flexibility index (Phi) is 6.55. The third-order valence-electron chi connectivity index (χ3n) is 5.53. The molecule has 1 fully saturated rings. The summed E-state index contributed by atoms with van der Waals surface area (Å²) in [5.74, 6) is -0.111. The van der Waals surface area contributed by atoms with E-state index >= 15 is 0 Å². The van der Waals surface area contributed by atoms with Crippen LogP contribution < -0.4 is 14.9 Å². The standard InChI is InChI=1S/C23H24FN5O3S/c1-16-3-8-20(33(31,32)28-19-6-4-17(24)5-7-19)15-21(16)22(30)27-18-9-13-29(14-10-18)23-25-11-2-12-26-23/h2-8,11-12,15,18,28H,9-10,13-14H2,1H3,(H,27,30). The number of carbonyl (C=O) groups excluding carboxylic acids is 1. The van der Waals surface area contributed by atoms with Gasteiger partial charge in [0.15, 0.2) is 0 Å². The molecule has 10 heteroatoms. The van der Waals surface area contributed by atoms with Crippen molar-refractivity contribution < 1.29 is 17.6 Å². The van der Waals surface area contributed by atoms with Crippen molar-refractivity contribution in [1.29, 1.82) is 0 Å². The number of hydrogen-bond acceptors (Lipinski definition) is 6. The molecule has 1 amide bonds.